The number of nitrogens with one attached hydrogen (secondary N) is 2. The molecule has 180 valence electrons. The molecule has 1 atom stereocenters. The molecule has 0 radical (unpaired) electrons. The minimum atomic E-state index is -1.41. The lowest BCUT2D eigenvalue weighted by molar-refractivity contribution is -0.144. The van der Waals surface area contributed by atoms with Crippen molar-refractivity contribution in [3.8, 4) is 11.1 Å². The van der Waals surface area contributed by atoms with E-state index < -0.39 is 23.5 Å². The predicted molar refractivity (Wildman–Crippen MR) is 131 cm³/mol. The van der Waals surface area contributed by atoms with E-state index in [0.717, 1.165) is 22.3 Å². The summed E-state index contributed by atoms with van der Waals surface area (Å²) in [5.74, 6) is -1.71. The van der Waals surface area contributed by atoms with Gasteiger partial charge in [0.05, 0.1) is 0 Å². The van der Waals surface area contributed by atoms with Gasteiger partial charge in [0.1, 0.15) is 23.7 Å². The number of hydrogen-bond acceptors (Lipinski definition) is 5. The molecule has 3 aromatic rings. The monoisotopic (exact) mass is 473 g/mol. The lowest BCUT2D eigenvalue weighted by Crippen LogP contribution is -2.52. The molecule has 0 aliphatic heterocycles. The number of anilines is 1. The number of benzene rings is 2. The summed E-state index contributed by atoms with van der Waals surface area (Å²) in [6.45, 7) is 3.44. The molecule has 8 heteroatoms. The second-order valence-corrected chi connectivity index (χ2v) is 8.70. The van der Waals surface area contributed by atoms with Gasteiger partial charge in [0.15, 0.2) is 0 Å². The number of rotatable bonds is 8. The minimum Gasteiger partial charge on any atom is -0.480 e. The van der Waals surface area contributed by atoms with E-state index in [9.17, 15) is 19.5 Å². The number of aromatic nitrogens is 1. The van der Waals surface area contributed by atoms with Gasteiger partial charge in [-0.3, -0.25) is 10.1 Å². The van der Waals surface area contributed by atoms with Gasteiger partial charge in [0.2, 0.25) is 0 Å². The zero-order chi connectivity index (χ0) is 25.0. The molecule has 2 aromatic carbocycles. The molecule has 1 heterocycles. The maximum atomic E-state index is 12.6. The van der Waals surface area contributed by atoms with Crippen LogP contribution in [0.2, 0.25) is 0 Å². The van der Waals surface area contributed by atoms with Crippen molar-refractivity contribution in [3.63, 3.8) is 0 Å². The van der Waals surface area contributed by atoms with Crippen LogP contribution in [0.25, 0.3) is 11.1 Å². The topological polar surface area (TPSA) is 118 Å². The van der Waals surface area contributed by atoms with Gasteiger partial charge in [-0.2, -0.15) is 0 Å². The molecule has 35 heavy (non-hydrogen) atoms. The predicted octanol–water partition coefficient (Wildman–Crippen LogP) is 4.82. The minimum absolute atomic E-state index is 0.00924. The molecule has 2 amide bonds. The molecule has 0 saturated carbocycles. The van der Waals surface area contributed by atoms with E-state index in [1.807, 2.05) is 43.3 Å². The summed E-state index contributed by atoms with van der Waals surface area (Å²) in [5, 5.41) is 14.6. The highest BCUT2D eigenvalue weighted by molar-refractivity contribution is 5.97. The zero-order valence-corrected chi connectivity index (χ0v) is 19.6. The van der Waals surface area contributed by atoms with E-state index in [1.165, 1.54) is 19.1 Å². The highest BCUT2D eigenvalue weighted by atomic mass is 16.5. The van der Waals surface area contributed by atoms with Crippen molar-refractivity contribution < 1.29 is 24.2 Å². The first kappa shape index (κ1) is 23.9. The Morgan fingerprint density at radius 3 is 2.20 bits per heavy atom. The van der Waals surface area contributed by atoms with E-state index in [2.05, 4.69) is 27.8 Å². The van der Waals surface area contributed by atoms with Crippen LogP contribution in [-0.2, 0) is 9.53 Å². The van der Waals surface area contributed by atoms with E-state index in [1.54, 1.807) is 6.07 Å². The first-order chi connectivity index (χ1) is 16.8. The summed E-state index contributed by atoms with van der Waals surface area (Å²) < 4.78 is 5.52. The van der Waals surface area contributed by atoms with Crippen molar-refractivity contribution in [2.75, 3.05) is 11.9 Å². The average Bonchev–Trinajstić information content (AvgIpc) is 3.16. The van der Waals surface area contributed by atoms with Crippen LogP contribution < -0.4 is 10.6 Å². The van der Waals surface area contributed by atoms with Crippen molar-refractivity contribution in [2.45, 2.75) is 38.1 Å². The lowest BCUT2D eigenvalue weighted by atomic mass is 9.96. The highest BCUT2D eigenvalue weighted by Gasteiger charge is 2.34. The molecule has 0 saturated heterocycles. The molecule has 8 nitrogen and oxygen atoms in total. The highest BCUT2D eigenvalue weighted by Crippen LogP contribution is 2.44. The summed E-state index contributed by atoms with van der Waals surface area (Å²) in [5.41, 5.74) is 3.05. The molecule has 4 rings (SSSR count). The summed E-state index contributed by atoms with van der Waals surface area (Å²) >= 11 is 0. The van der Waals surface area contributed by atoms with Crippen LogP contribution in [0.5, 0.6) is 0 Å². The molecule has 1 aromatic heterocycles. The molecule has 3 N–H and O–H groups in total. The fourth-order valence-electron chi connectivity index (χ4n) is 4.41. The number of amides is 2. The number of fused-ring (bicyclic) bond motifs is 3. The summed E-state index contributed by atoms with van der Waals surface area (Å²) in [7, 11) is 0. The molecule has 1 aliphatic carbocycles. The molecule has 1 unspecified atom stereocenters. The number of hydrogen-bond donors (Lipinski definition) is 3. The van der Waals surface area contributed by atoms with Crippen molar-refractivity contribution in [2.24, 2.45) is 0 Å². The van der Waals surface area contributed by atoms with E-state index >= 15 is 0 Å². The van der Waals surface area contributed by atoms with Gasteiger partial charge < -0.3 is 15.2 Å². The molecule has 0 spiro atoms. The normalized spacial score (nSPS) is 13.8. The van der Waals surface area contributed by atoms with Crippen molar-refractivity contribution in [1.29, 1.82) is 0 Å². The van der Waals surface area contributed by atoms with Crippen molar-refractivity contribution >= 4 is 23.8 Å². The molecular formula is C27H27N3O5. The Labute approximate surface area is 203 Å². The Hall–Kier alpha value is -4.20. The van der Waals surface area contributed by atoms with Gasteiger partial charge in [-0.1, -0.05) is 67.9 Å². The number of carbonyl (C=O) groups is 3. The quantitative estimate of drug-likeness (QED) is 0.432. The maximum absolute atomic E-state index is 12.6. The van der Waals surface area contributed by atoms with Gasteiger partial charge in [-0.15, -0.1) is 0 Å². The Bertz CT molecular complexity index is 1230. The number of carbonyl (C=O) groups excluding carboxylic acids is 2. The van der Waals surface area contributed by atoms with Gasteiger partial charge in [0, 0.05) is 5.92 Å². The Morgan fingerprint density at radius 1 is 0.971 bits per heavy atom. The first-order valence-corrected chi connectivity index (χ1v) is 11.5. The smallest absolute Gasteiger partial charge is 0.412 e. The maximum Gasteiger partial charge on any atom is 0.412 e. The third kappa shape index (κ3) is 5.01. The van der Waals surface area contributed by atoms with Crippen LogP contribution in [-0.4, -0.2) is 40.2 Å². The van der Waals surface area contributed by atoms with Crippen LogP contribution >= 0.6 is 0 Å². The first-order valence-electron chi connectivity index (χ1n) is 11.5. The standard InChI is InChI=1S/C27H27N3O5/c1-3-15-27(2,25(32)33)30-24(31)22-13-8-14-23(28-22)29-26(34)35-16-21-19-11-6-4-9-17(19)18-10-5-7-12-20(18)21/h4-14,21H,3,15-16H2,1-2H3,(H,30,31)(H,32,33)(H,28,29,34). The SMILES string of the molecule is CCCC(C)(NC(=O)c1cccc(NC(=O)OCC2c3ccccc3-c3ccccc32)n1)C(=O)O. The largest absolute Gasteiger partial charge is 0.480 e. The fraction of sp³-hybridized carbons (Fsp3) is 0.259. The van der Waals surface area contributed by atoms with Crippen LogP contribution in [0.15, 0.2) is 66.7 Å². The third-order valence-corrected chi connectivity index (χ3v) is 6.17. The van der Waals surface area contributed by atoms with E-state index in [0.29, 0.717) is 6.42 Å². The van der Waals surface area contributed by atoms with Crippen LogP contribution in [0.3, 0.4) is 0 Å². The molecule has 0 bridgehead atoms. The Balaban J connectivity index is 1.41. The molecular weight excluding hydrogens is 446 g/mol. The second kappa shape index (κ2) is 9.97. The van der Waals surface area contributed by atoms with Crippen LogP contribution in [0.1, 0.15) is 54.2 Å². The number of aliphatic carboxylic acids is 1. The number of nitrogens with zero attached hydrogens (tertiary/aromatic N) is 1. The van der Waals surface area contributed by atoms with Crippen LogP contribution in [0, 0.1) is 0 Å². The number of ether oxygens (including phenoxy) is 1. The van der Waals surface area contributed by atoms with Crippen LogP contribution in [0.4, 0.5) is 10.6 Å². The molecule has 1 aliphatic rings. The van der Waals surface area contributed by atoms with Gasteiger partial charge in [-0.25, -0.2) is 14.6 Å². The molecule has 0 fully saturated rings. The number of carboxylic acids is 1. The van der Waals surface area contributed by atoms with Gasteiger partial charge >= 0.3 is 12.1 Å². The van der Waals surface area contributed by atoms with E-state index in [4.69, 9.17) is 4.74 Å². The number of carboxylic acid groups (broad SMARTS) is 1. The van der Waals surface area contributed by atoms with E-state index in [-0.39, 0.29) is 30.5 Å². The lowest BCUT2D eigenvalue weighted by Gasteiger charge is -2.25. The summed E-state index contributed by atoms with van der Waals surface area (Å²) in [4.78, 5) is 40.9. The Kier molecular flexibility index (Phi) is 6.82. The number of pyridine rings is 1. The summed E-state index contributed by atoms with van der Waals surface area (Å²) in [6, 6.07) is 20.6. The van der Waals surface area contributed by atoms with Crippen molar-refractivity contribution in [1.82, 2.24) is 10.3 Å². The fourth-order valence-corrected chi connectivity index (χ4v) is 4.41. The Morgan fingerprint density at radius 2 is 1.60 bits per heavy atom. The summed E-state index contributed by atoms with van der Waals surface area (Å²) in [6.07, 6.45) is 0.157. The second-order valence-electron chi connectivity index (χ2n) is 8.70. The average molecular weight is 474 g/mol. The zero-order valence-electron chi connectivity index (χ0n) is 19.6. The third-order valence-electron chi connectivity index (χ3n) is 6.17. The van der Waals surface area contributed by atoms with Gasteiger partial charge in [-0.05, 0) is 47.7 Å². The van der Waals surface area contributed by atoms with Crippen molar-refractivity contribution in [3.05, 3.63) is 83.6 Å². The van der Waals surface area contributed by atoms with Gasteiger partial charge in [0.25, 0.3) is 5.91 Å².